The molecule has 0 amide bonds. The molecule has 0 spiro atoms. The fraction of sp³-hybridized carbons (Fsp3) is 0.400. The summed E-state index contributed by atoms with van der Waals surface area (Å²) in [6, 6.07) is 0. The minimum atomic E-state index is 1.00. The molecule has 0 radical (unpaired) electrons. The Labute approximate surface area is 69.8 Å². The van der Waals surface area contributed by atoms with Gasteiger partial charge in [0.1, 0.15) is 0 Å². The monoisotopic (exact) mass is 154 g/mol. The molecule has 0 aromatic carbocycles. The molecule has 11 heavy (non-hydrogen) atoms. The summed E-state index contributed by atoms with van der Waals surface area (Å²) in [5, 5.41) is 7.00. The van der Waals surface area contributed by atoms with Crippen LogP contribution in [0, 0.1) is 0 Å². The van der Waals surface area contributed by atoms with Gasteiger partial charge in [-0.25, -0.2) is 0 Å². The molecule has 64 valence electrons. The van der Waals surface area contributed by atoms with E-state index in [9.17, 15) is 0 Å². The van der Waals surface area contributed by atoms with Crippen molar-refractivity contribution in [3.8, 4) is 0 Å². The summed E-state index contributed by atoms with van der Waals surface area (Å²) in [7, 11) is 1.00. The normalized spacial score (nSPS) is 10.8. The van der Waals surface area contributed by atoms with Crippen molar-refractivity contribution < 1.29 is 5.11 Å². The molecule has 0 fully saturated rings. The van der Waals surface area contributed by atoms with Crippen molar-refractivity contribution in [2.45, 2.75) is 20.8 Å². The van der Waals surface area contributed by atoms with Gasteiger partial charge in [-0.15, -0.1) is 0 Å². The van der Waals surface area contributed by atoms with Gasteiger partial charge in [0.05, 0.1) is 0 Å². The van der Waals surface area contributed by atoms with Crippen LogP contribution in [0.2, 0.25) is 0 Å². The van der Waals surface area contributed by atoms with Crippen LogP contribution in [0.4, 0.5) is 0 Å². The van der Waals surface area contributed by atoms with Crippen LogP contribution in [0.1, 0.15) is 20.8 Å². The van der Waals surface area contributed by atoms with Crippen LogP contribution in [0.25, 0.3) is 0 Å². The first-order chi connectivity index (χ1) is 5.16. The van der Waals surface area contributed by atoms with Gasteiger partial charge < -0.3 is 5.11 Å². The lowest BCUT2D eigenvalue weighted by Gasteiger charge is -1.86. The van der Waals surface area contributed by atoms with E-state index < -0.39 is 0 Å². The molecule has 0 aliphatic heterocycles. The highest BCUT2D eigenvalue weighted by Crippen LogP contribution is 1.97. The summed E-state index contributed by atoms with van der Waals surface area (Å²) in [6.45, 7) is 9.83. The van der Waals surface area contributed by atoms with Crippen LogP contribution < -0.4 is 0 Å². The number of aliphatic hydroxyl groups excluding tert-OH is 1. The summed E-state index contributed by atoms with van der Waals surface area (Å²) in [5.41, 5.74) is 2.37. The first kappa shape index (κ1) is 12.8. The first-order valence-corrected chi connectivity index (χ1v) is 3.58. The summed E-state index contributed by atoms with van der Waals surface area (Å²) in [6.07, 6.45) is 6.14. The summed E-state index contributed by atoms with van der Waals surface area (Å²) < 4.78 is 0. The van der Waals surface area contributed by atoms with Gasteiger partial charge in [0.15, 0.2) is 0 Å². The number of hydrogen-bond donors (Lipinski definition) is 1. The number of aliphatic hydroxyl groups is 1. The molecule has 0 saturated carbocycles. The van der Waals surface area contributed by atoms with E-state index >= 15 is 0 Å². The fourth-order valence-corrected chi connectivity index (χ4v) is 0.370. The highest BCUT2D eigenvalue weighted by atomic mass is 16.2. The van der Waals surface area contributed by atoms with E-state index in [1.807, 2.05) is 19.9 Å². The quantitative estimate of drug-likeness (QED) is 0.606. The van der Waals surface area contributed by atoms with Crippen molar-refractivity contribution in [2.75, 3.05) is 7.11 Å². The molecule has 0 saturated heterocycles. The van der Waals surface area contributed by atoms with Crippen molar-refractivity contribution in [3.05, 3.63) is 36.0 Å². The van der Waals surface area contributed by atoms with E-state index in [0.29, 0.717) is 0 Å². The fourth-order valence-electron chi connectivity index (χ4n) is 0.370. The molecule has 1 N–H and O–H groups in total. The van der Waals surface area contributed by atoms with Crippen molar-refractivity contribution in [1.82, 2.24) is 0 Å². The second-order valence-electron chi connectivity index (χ2n) is 2.21. The number of rotatable bonds is 2. The van der Waals surface area contributed by atoms with Gasteiger partial charge in [0.2, 0.25) is 0 Å². The van der Waals surface area contributed by atoms with Gasteiger partial charge >= 0.3 is 0 Å². The molecule has 0 bridgehead atoms. The summed E-state index contributed by atoms with van der Waals surface area (Å²) in [4.78, 5) is 0. The lowest BCUT2D eigenvalue weighted by atomic mass is 10.2. The van der Waals surface area contributed by atoms with Gasteiger partial charge in [-0.2, -0.15) is 0 Å². The lowest BCUT2D eigenvalue weighted by Crippen LogP contribution is -1.65. The Hall–Kier alpha value is -0.820. The molecular weight excluding hydrogens is 136 g/mol. The van der Waals surface area contributed by atoms with E-state index in [1.165, 1.54) is 5.57 Å². The maximum absolute atomic E-state index is 7.00. The maximum atomic E-state index is 7.00. The van der Waals surface area contributed by atoms with Crippen molar-refractivity contribution in [2.24, 2.45) is 0 Å². The number of hydrogen-bond acceptors (Lipinski definition) is 1. The average molecular weight is 154 g/mol. The van der Waals surface area contributed by atoms with Crippen LogP contribution in [-0.4, -0.2) is 12.2 Å². The predicted octanol–water partition coefficient (Wildman–Crippen LogP) is 2.69. The van der Waals surface area contributed by atoms with Crippen molar-refractivity contribution >= 4 is 0 Å². The molecule has 0 aromatic heterocycles. The first-order valence-electron chi connectivity index (χ1n) is 3.58. The van der Waals surface area contributed by atoms with E-state index in [2.05, 4.69) is 25.7 Å². The van der Waals surface area contributed by atoms with Gasteiger partial charge in [0.25, 0.3) is 0 Å². The molecule has 0 atom stereocenters. The molecule has 0 rings (SSSR count). The smallest absolute Gasteiger partial charge is 0.0319 e. The standard InChI is InChI=1S/C9H14.CH4O/c1-5-9(4)7-6-8(2)3;1-2/h5-7H,2H2,1,3-4H3;2H,1H3/b7-6-,9-5-;. The predicted molar refractivity (Wildman–Crippen MR) is 51.5 cm³/mol. The third kappa shape index (κ3) is 12.4. The SMILES string of the molecule is C=C(C)/C=C\C(C)=C/C.CO. The lowest BCUT2D eigenvalue weighted by molar-refractivity contribution is 0.399. The van der Waals surface area contributed by atoms with Crippen LogP contribution >= 0.6 is 0 Å². The van der Waals surface area contributed by atoms with E-state index in [4.69, 9.17) is 5.11 Å². The van der Waals surface area contributed by atoms with Crippen molar-refractivity contribution in [3.63, 3.8) is 0 Å². The van der Waals surface area contributed by atoms with Crippen molar-refractivity contribution in [1.29, 1.82) is 0 Å². The van der Waals surface area contributed by atoms with E-state index in [1.54, 1.807) is 0 Å². The van der Waals surface area contributed by atoms with Crippen LogP contribution in [0.5, 0.6) is 0 Å². The van der Waals surface area contributed by atoms with Gasteiger partial charge in [-0.05, 0) is 20.8 Å². The Bertz CT molecular complexity index is 152. The topological polar surface area (TPSA) is 20.2 Å². The second kappa shape index (κ2) is 9.18. The molecule has 1 heteroatoms. The summed E-state index contributed by atoms with van der Waals surface area (Å²) >= 11 is 0. The number of allylic oxidation sites excluding steroid dienone is 5. The molecule has 0 aromatic rings. The Morgan fingerprint density at radius 1 is 1.18 bits per heavy atom. The Morgan fingerprint density at radius 2 is 1.64 bits per heavy atom. The molecule has 0 aliphatic rings. The van der Waals surface area contributed by atoms with Gasteiger partial charge in [-0.3, -0.25) is 0 Å². The second-order valence-corrected chi connectivity index (χ2v) is 2.21. The highest BCUT2D eigenvalue weighted by Gasteiger charge is 1.75. The van der Waals surface area contributed by atoms with Crippen LogP contribution in [0.15, 0.2) is 36.0 Å². The van der Waals surface area contributed by atoms with Gasteiger partial charge in [0, 0.05) is 7.11 Å². The molecule has 0 heterocycles. The van der Waals surface area contributed by atoms with Crippen LogP contribution in [0.3, 0.4) is 0 Å². The largest absolute Gasteiger partial charge is 0.400 e. The third-order valence-corrected chi connectivity index (χ3v) is 1.09. The molecule has 1 nitrogen and oxygen atoms in total. The Balaban J connectivity index is 0. The molecule has 0 aliphatic carbocycles. The highest BCUT2D eigenvalue weighted by molar-refractivity contribution is 5.22. The Morgan fingerprint density at radius 3 is 1.91 bits per heavy atom. The van der Waals surface area contributed by atoms with E-state index in [-0.39, 0.29) is 0 Å². The summed E-state index contributed by atoms with van der Waals surface area (Å²) in [5.74, 6) is 0. The van der Waals surface area contributed by atoms with Gasteiger partial charge in [-0.1, -0.05) is 36.0 Å². The Kier molecular flexibility index (Phi) is 10.7. The van der Waals surface area contributed by atoms with E-state index in [0.717, 1.165) is 12.7 Å². The molecule has 0 unspecified atom stereocenters. The van der Waals surface area contributed by atoms with Crippen LogP contribution in [-0.2, 0) is 0 Å². The minimum Gasteiger partial charge on any atom is -0.400 e. The third-order valence-electron chi connectivity index (χ3n) is 1.09. The minimum absolute atomic E-state index is 1.00. The molecular formula is C10H18O. The zero-order valence-corrected chi connectivity index (χ0v) is 7.89. The zero-order valence-electron chi connectivity index (χ0n) is 7.89. The maximum Gasteiger partial charge on any atom is 0.0319 e. The average Bonchev–Trinajstić information content (AvgIpc) is 2.04. The zero-order chi connectivity index (χ0) is 9.28.